The molecule has 0 saturated carbocycles. The second-order valence-corrected chi connectivity index (χ2v) is 6.48. The lowest BCUT2D eigenvalue weighted by molar-refractivity contribution is 0.0626. The van der Waals surface area contributed by atoms with Crippen LogP contribution < -0.4 is 0 Å². The summed E-state index contributed by atoms with van der Waals surface area (Å²) in [5.41, 5.74) is 3.68. The Morgan fingerprint density at radius 1 is 1.04 bits per heavy atom. The number of nitrogens with zero attached hydrogens (tertiary/aromatic N) is 2. The molecule has 126 valence electrons. The molecule has 0 N–H and O–H groups in total. The first-order valence-electron chi connectivity index (χ1n) is 8.37. The first-order valence-corrected chi connectivity index (χ1v) is 8.37. The van der Waals surface area contributed by atoms with Crippen LogP contribution in [-0.4, -0.2) is 41.9 Å². The number of halogens is 1. The number of carbonyl (C=O) groups excluding carboxylic acids is 1. The summed E-state index contributed by atoms with van der Waals surface area (Å²) < 4.78 is 13.8. The van der Waals surface area contributed by atoms with E-state index in [4.69, 9.17) is 0 Å². The number of benzene rings is 2. The fourth-order valence-electron chi connectivity index (χ4n) is 3.20. The molecule has 2 aromatic carbocycles. The van der Waals surface area contributed by atoms with Gasteiger partial charge in [0.25, 0.3) is 5.91 Å². The van der Waals surface area contributed by atoms with Gasteiger partial charge < -0.3 is 4.90 Å². The van der Waals surface area contributed by atoms with Crippen LogP contribution >= 0.6 is 0 Å². The van der Waals surface area contributed by atoms with Gasteiger partial charge in [0.05, 0.1) is 0 Å². The molecule has 1 aliphatic rings. The minimum absolute atomic E-state index is 0.0954. The van der Waals surface area contributed by atoms with Crippen molar-refractivity contribution < 1.29 is 9.18 Å². The summed E-state index contributed by atoms with van der Waals surface area (Å²) in [6.07, 6.45) is 0. The standard InChI is InChI=1S/C20H23FN2O/c1-15-7-8-18(16(2)13-15)20(24)23-11-9-22(10-12-23)14-17-5-3-4-6-19(17)21/h3-8,13H,9-12,14H2,1-2H3. The van der Waals surface area contributed by atoms with E-state index < -0.39 is 0 Å². The second-order valence-electron chi connectivity index (χ2n) is 6.48. The Morgan fingerprint density at radius 3 is 2.42 bits per heavy atom. The van der Waals surface area contributed by atoms with Crippen LogP contribution in [0.5, 0.6) is 0 Å². The summed E-state index contributed by atoms with van der Waals surface area (Å²) in [7, 11) is 0. The van der Waals surface area contributed by atoms with E-state index in [0.717, 1.165) is 24.2 Å². The zero-order valence-electron chi connectivity index (χ0n) is 14.3. The highest BCUT2D eigenvalue weighted by molar-refractivity contribution is 5.95. The Labute approximate surface area is 142 Å². The van der Waals surface area contributed by atoms with Gasteiger partial charge in [-0.3, -0.25) is 9.69 Å². The molecule has 4 heteroatoms. The summed E-state index contributed by atoms with van der Waals surface area (Å²) in [6.45, 7) is 7.51. The highest BCUT2D eigenvalue weighted by Crippen LogP contribution is 2.16. The second kappa shape index (κ2) is 7.14. The van der Waals surface area contributed by atoms with Crippen LogP contribution in [0.4, 0.5) is 4.39 Å². The van der Waals surface area contributed by atoms with Crippen molar-refractivity contribution in [2.24, 2.45) is 0 Å². The summed E-state index contributed by atoms with van der Waals surface area (Å²) in [5, 5.41) is 0. The summed E-state index contributed by atoms with van der Waals surface area (Å²) in [6, 6.07) is 12.8. The molecule has 0 bridgehead atoms. The maximum Gasteiger partial charge on any atom is 0.254 e. The molecular weight excluding hydrogens is 303 g/mol. The molecule has 1 amide bonds. The van der Waals surface area contributed by atoms with Crippen molar-refractivity contribution in [2.45, 2.75) is 20.4 Å². The van der Waals surface area contributed by atoms with Crippen molar-refractivity contribution in [1.82, 2.24) is 9.80 Å². The van der Waals surface area contributed by atoms with Gasteiger partial charge in [0.1, 0.15) is 5.82 Å². The van der Waals surface area contributed by atoms with E-state index in [-0.39, 0.29) is 11.7 Å². The van der Waals surface area contributed by atoms with Gasteiger partial charge in [-0.05, 0) is 31.5 Å². The average Bonchev–Trinajstić information content (AvgIpc) is 2.57. The summed E-state index contributed by atoms with van der Waals surface area (Å²) in [5.74, 6) is -0.0654. The lowest BCUT2D eigenvalue weighted by Crippen LogP contribution is -2.48. The Hall–Kier alpha value is -2.20. The van der Waals surface area contributed by atoms with Gasteiger partial charge in [0, 0.05) is 43.9 Å². The molecule has 1 heterocycles. The SMILES string of the molecule is Cc1ccc(C(=O)N2CCN(Cc3ccccc3F)CC2)c(C)c1. The molecule has 0 spiro atoms. The third kappa shape index (κ3) is 3.65. The van der Waals surface area contributed by atoms with Crippen molar-refractivity contribution in [2.75, 3.05) is 26.2 Å². The van der Waals surface area contributed by atoms with E-state index in [1.165, 1.54) is 11.6 Å². The minimum atomic E-state index is -0.161. The zero-order valence-corrected chi connectivity index (χ0v) is 14.3. The molecule has 24 heavy (non-hydrogen) atoms. The predicted molar refractivity (Wildman–Crippen MR) is 93.5 cm³/mol. The lowest BCUT2D eigenvalue weighted by Gasteiger charge is -2.35. The van der Waals surface area contributed by atoms with E-state index in [1.54, 1.807) is 6.07 Å². The minimum Gasteiger partial charge on any atom is -0.336 e. The predicted octanol–water partition coefficient (Wildman–Crippen LogP) is 3.40. The van der Waals surface area contributed by atoms with Gasteiger partial charge in [0.2, 0.25) is 0 Å². The molecular formula is C20H23FN2O. The molecule has 0 aromatic heterocycles. The van der Waals surface area contributed by atoms with Crippen LogP contribution in [0.2, 0.25) is 0 Å². The van der Waals surface area contributed by atoms with E-state index in [1.807, 2.05) is 49.1 Å². The Kier molecular flexibility index (Phi) is 4.95. The highest BCUT2D eigenvalue weighted by Gasteiger charge is 2.23. The number of carbonyl (C=O) groups is 1. The van der Waals surface area contributed by atoms with E-state index in [9.17, 15) is 9.18 Å². The molecule has 0 radical (unpaired) electrons. The van der Waals surface area contributed by atoms with Gasteiger partial charge >= 0.3 is 0 Å². The number of hydrogen-bond acceptors (Lipinski definition) is 2. The third-order valence-electron chi connectivity index (χ3n) is 4.62. The Bertz CT molecular complexity index is 736. The summed E-state index contributed by atoms with van der Waals surface area (Å²) >= 11 is 0. The normalized spacial score (nSPS) is 15.5. The topological polar surface area (TPSA) is 23.6 Å². The van der Waals surface area contributed by atoms with Gasteiger partial charge in [0.15, 0.2) is 0 Å². The molecule has 0 atom stereocenters. The number of piperazine rings is 1. The average molecular weight is 326 g/mol. The van der Waals surface area contributed by atoms with Crippen molar-refractivity contribution in [1.29, 1.82) is 0 Å². The fourth-order valence-corrected chi connectivity index (χ4v) is 3.20. The third-order valence-corrected chi connectivity index (χ3v) is 4.62. The number of hydrogen-bond donors (Lipinski definition) is 0. The fraction of sp³-hybridized carbons (Fsp3) is 0.350. The molecule has 3 rings (SSSR count). The smallest absolute Gasteiger partial charge is 0.254 e. The van der Waals surface area contributed by atoms with Crippen LogP contribution in [0.15, 0.2) is 42.5 Å². The zero-order chi connectivity index (χ0) is 17.1. The molecule has 3 nitrogen and oxygen atoms in total. The van der Waals surface area contributed by atoms with Crippen molar-refractivity contribution in [3.63, 3.8) is 0 Å². The van der Waals surface area contributed by atoms with E-state index in [0.29, 0.717) is 25.2 Å². The molecule has 0 unspecified atom stereocenters. The maximum atomic E-state index is 13.8. The molecule has 1 saturated heterocycles. The van der Waals surface area contributed by atoms with Gasteiger partial charge in [-0.1, -0.05) is 35.9 Å². The summed E-state index contributed by atoms with van der Waals surface area (Å²) in [4.78, 5) is 16.8. The number of rotatable bonds is 3. The quantitative estimate of drug-likeness (QED) is 0.863. The van der Waals surface area contributed by atoms with Gasteiger partial charge in [-0.2, -0.15) is 0 Å². The molecule has 0 aliphatic carbocycles. The van der Waals surface area contributed by atoms with Crippen LogP contribution in [-0.2, 0) is 6.54 Å². The van der Waals surface area contributed by atoms with Gasteiger partial charge in [-0.15, -0.1) is 0 Å². The Balaban J connectivity index is 1.60. The van der Waals surface area contributed by atoms with Crippen molar-refractivity contribution in [3.05, 3.63) is 70.5 Å². The lowest BCUT2D eigenvalue weighted by atomic mass is 10.0. The van der Waals surface area contributed by atoms with E-state index >= 15 is 0 Å². The van der Waals surface area contributed by atoms with Crippen LogP contribution in [0.3, 0.4) is 0 Å². The maximum absolute atomic E-state index is 13.8. The first-order chi connectivity index (χ1) is 11.5. The first kappa shape index (κ1) is 16.7. The molecule has 1 aliphatic heterocycles. The number of amides is 1. The number of aryl methyl sites for hydroxylation is 2. The van der Waals surface area contributed by atoms with E-state index in [2.05, 4.69) is 4.90 Å². The van der Waals surface area contributed by atoms with Crippen LogP contribution in [0, 0.1) is 19.7 Å². The van der Waals surface area contributed by atoms with Gasteiger partial charge in [-0.25, -0.2) is 4.39 Å². The largest absolute Gasteiger partial charge is 0.336 e. The molecule has 2 aromatic rings. The van der Waals surface area contributed by atoms with Crippen molar-refractivity contribution >= 4 is 5.91 Å². The molecule has 1 fully saturated rings. The van der Waals surface area contributed by atoms with Crippen LogP contribution in [0.1, 0.15) is 27.0 Å². The monoisotopic (exact) mass is 326 g/mol. The Morgan fingerprint density at radius 2 is 1.75 bits per heavy atom. The highest BCUT2D eigenvalue weighted by atomic mass is 19.1. The van der Waals surface area contributed by atoms with Crippen LogP contribution in [0.25, 0.3) is 0 Å². The van der Waals surface area contributed by atoms with Crippen molar-refractivity contribution in [3.8, 4) is 0 Å².